The van der Waals surface area contributed by atoms with E-state index in [0.29, 0.717) is 0 Å². The highest BCUT2D eigenvalue weighted by atomic mass is 32.1. The van der Waals surface area contributed by atoms with E-state index in [0.717, 1.165) is 105 Å². The molecule has 10 aromatic carbocycles. The Balaban J connectivity index is 0.926. The second kappa shape index (κ2) is 13.5. The van der Waals surface area contributed by atoms with Gasteiger partial charge < -0.3 is 13.4 Å². The maximum absolute atomic E-state index is 6.36. The first-order chi connectivity index (χ1) is 32.7. The first-order valence-corrected chi connectivity index (χ1v) is 23.2. The fraction of sp³-hybridized carbons (Fsp3) is 0. The first-order valence-electron chi connectivity index (χ1n) is 22.3. The van der Waals surface area contributed by atoms with Gasteiger partial charge in [0, 0.05) is 79.9 Å². The molecule has 5 heterocycles. The van der Waals surface area contributed by atoms with E-state index >= 15 is 0 Å². The summed E-state index contributed by atoms with van der Waals surface area (Å²) in [5.74, 6) is 0. The zero-order chi connectivity index (χ0) is 43.0. The number of hydrogen-bond donors (Lipinski definition) is 0. The van der Waals surface area contributed by atoms with E-state index in [4.69, 9.17) is 13.8 Å². The first kappa shape index (κ1) is 35.9. The van der Waals surface area contributed by atoms with Gasteiger partial charge >= 0.3 is 0 Å². The van der Waals surface area contributed by atoms with E-state index in [1.807, 2.05) is 35.6 Å². The molecular weight excluding hydrogens is 825 g/mol. The second-order valence-electron chi connectivity index (χ2n) is 17.4. The van der Waals surface area contributed by atoms with Crippen molar-refractivity contribution in [3.8, 4) is 39.2 Å². The number of furan rings is 2. The van der Waals surface area contributed by atoms with Crippen molar-refractivity contribution in [2.45, 2.75) is 0 Å². The second-order valence-corrected chi connectivity index (χ2v) is 18.5. The van der Waals surface area contributed by atoms with Gasteiger partial charge in [-0.15, -0.1) is 11.3 Å². The average Bonchev–Trinajstić information content (AvgIpc) is 4.14. The van der Waals surface area contributed by atoms with Gasteiger partial charge in [0.2, 0.25) is 0 Å². The summed E-state index contributed by atoms with van der Waals surface area (Å²) in [6.07, 6.45) is 0. The maximum Gasteiger partial charge on any atom is 0.136 e. The Morgan fingerprint density at radius 1 is 0.348 bits per heavy atom. The largest absolute Gasteiger partial charge is 0.456 e. The molecule has 0 aliphatic heterocycles. The minimum Gasteiger partial charge on any atom is -0.456 e. The number of fused-ring (bicyclic) bond motifs is 16. The van der Waals surface area contributed by atoms with Gasteiger partial charge in [0.25, 0.3) is 0 Å². The molecule has 0 fully saturated rings. The molecule has 0 bridgehead atoms. The van der Waals surface area contributed by atoms with Crippen LogP contribution in [0.25, 0.3) is 147 Å². The zero-order valence-corrected chi connectivity index (χ0v) is 36.1. The standard InChI is InChI=1S/C61H34N2O2S/c1-5-13-51-49(12-1)59-50(30-29-48-47-11-4-8-16-58(47)66-61(48)59)60(62-51)35-17-23-40(24-18-35)63-52-31-36(38-21-27-45-43-9-2-6-14-54(43)64-56(45)33-38)19-25-41(52)42-26-20-37(32-53(42)63)39-22-28-46-44-10-3-7-15-55(44)65-57(46)34-39/h1-34H. The number of benzene rings is 10. The van der Waals surface area contributed by atoms with Crippen LogP contribution < -0.4 is 0 Å². The summed E-state index contributed by atoms with van der Waals surface area (Å²) in [5, 5.41) is 13.1. The van der Waals surface area contributed by atoms with Crippen LogP contribution in [0.1, 0.15) is 0 Å². The Hall–Kier alpha value is -8.51. The van der Waals surface area contributed by atoms with Crippen LogP contribution in [0.3, 0.4) is 0 Å². The topological polar surface area (TPSA) is 44.1 Å². The third-order valence-electron chi connectivity index (χ3n) is 13.8. The minimum atomic E-state index is 0.888. The predicted octanol–water partition coefficient (Wildman–Crippen LogP) is 17.7. The highest BCUT2D eigenvalue weighted by Crippen LogP contribution is 2.44. The Morgan fingerprint density at radius 2 is 0.818 bits per heavy atom. The van der Waals surface area contributed by atoms with Gasteiger partial charge in [-0.1, -0.05) is 133 Å². The van der Waals surface area contributed by atoms with Crippen molar-refractivity contribution in [3.05, 3.63) is 206 Å². The van der Waals surface area contributed by atoms with E-state index in [9.17, 15) is 0 Å². The molecule has 0 radical (unpaired) electrons. The molecule has 0 N–H and O–H groups in total. The maximum atomic E-state index is 6.36. The van der Waals surface area contributed by atoms with E-state index in [-0.39, 0.29) is 0 Å². The summed E-state index contributed by atoms with van der Waals surface area (Å²) in [6.45, 7) is 0. The van der Waals surface area contributed by atoms with Crippen molar-refractivity contribution in [2.24, 2.45) is 0 Å². The quantitative estimate of drug-likeness (QED) is 0.166. The minimum absolute atomic E-state index is 0.888. The Bertz CT molecular complexity index is 4360. The smallest absolute Gasteiger partial charge is 0.136 e. The lowest BCUT2D eigenvalue weighted by atomic mass is 9.98. The fourth-order valence-corrected chi connectivity index (χ4v) is 11.9. The summed E-state index contributed by atoms with van der Waals surface area (Å²) >= 11 is 1.87. The molecule has 0 aliphatic carbocycles. The van der Waals surface area contributed by atoms with E-state index in [2.05, 4.69) is 187 Å². The van der Waals surface area contributed by atoms with Gasteiger partial charge in [-0.2, -0.15) is 0 Å². The molecule has 5 aromatic heterocycles. The third-order valence-corrected chi connectivity index (χ3v) is 15.0. The molecule has 66 heavy (non-hydrogen) atoms. The number of nitrogens with zero attached hydrogens (tertiary/aromatic N) is 2. The van der Waals surface area contributed by atoms with Gasteiger partial charge in [-0.25, -0.2) is 4.98 Å². The van der Waals surface area contributed by atoms with Crippen molar-refractivity contribution >= 4 is 119 Å². The molecule has 306 valence electrons. The van der Waals surface area contributed by atoms with E-state index < -0.39 is 0 Å². The van der Waals surface area contributed by atoms with Gasteiger partial charge in [-0.05, 0) is 95.1 Å². The summed E-state index contributed by atoms with van der Waals surface area (Å²) in [4.78, 5) is 5.37. The van der Waals surface area contributed by atoms with Crippen molar-refractivity contribution in [1.82, 2.24) is 9.55 Å². The monoisotopic (exact) mass is 858 g/mol. The Labute approximate surface area is 380 Å². The molecule has 0 saturated heterocycles. The summed E-state index contributed by atoms with van der Waals surface area (Å²) in [6, 6.07) is 74.3. The van der Waals surface area contributed by atoms with Crippen molar-refractivity contribution < 1.29 is 8.83 Å². The average molecular weight is 859 g/mol. The van der Waals surface area contributed by atoms with Gasteiger partial charge in [0.05, 0.1) is 22.2 Å². The Kier molecular flexibility index (Phi) is 7.34. The molecule has 0 spiro atoms. The lowest BCUT2D eigenvalue weighted by molar-refractivity contribution is 0.668. The molecule has 0 saturated carbocycles. The van der Waals surface area contributed by atoms with Gasteiger partial charge in [0.15, 0.2) is 0 Å². The molecule has 5 heteroatoms. The number of aromatic nitrogens is 2. The van der Waals surface area contributed by atoms with Crippen LogP contribution in [-0.2, 0) is 0 Å². The van der Waals surface area contributed by atoms with Crippen LogP contribution in [0.15, 0.2) is 215 Å². The number of para-hydroxylation sites is 3. The summed E-state index contributed by atoms with van der Waals surface area (Å²) in [7, 11) is 0. The van der Waals surface area contributed by atoms with Crippen LogP contribution in [0.5, 0.6) is 0 Å². The van der Waals surface area contributed by atoms with Crippen molar-refractivity contribution in [1.29, 1.82) is 0 Å². The van der Waals surface area contributed by atoms with Crippen molar-refractivity contribution in [2.75, 3.05) is 0 Å². The molecular formula is C61H34N2O2S. The molecule has 15 aromatic rings. The number of pyridine rings is 1. The molecule has 0 atom stereocenters. The van der Waals surface area contributed by atoms with Crippen molar-refractivity contribution in [3.63, 3.8) is 0 Å². The number of thiophene rings is 1. The zero-order valence-electron chi connectivity index (χ0n) is 35.2. The lowest BCUT2D eigenvalue weighted by Crippen LogP contribution is -1.95. The number of hydrogen-bond acceptors (Lipinski definition) is 4. The molecule has 15 rings (SSSR count). The van der Waals surface area contributed by atoms with Crippen LogP contribution in [0.2, 0.25) is 0 Å². The van der Waals surface area contributed by atoms with E-state index in [1.54, 1.807) is 0 Å². The SMILES string of the molecule is c1ccc2c(c1)nc(-c1ccc(-n3c4cc(-c5ccc6c(c5)oc5ccccc56)ccc4c4ccc(-c5ccc6c(c5)oc5ccccc56)cc43)cc1)c1ccc3c4ccccc4sc3c12. The van der Waals surface area contributed by atoms with Crippen LogP contribution in [0.4, 0.5) is 0 Å². The van der Waals surface area contributed by atoms with Crippen LogP contribution in [-0.4, -0.2) is 9.55 Å². The highest BCUT2D eigenvalue weighted by Gasteiger charge is 2.19. The number of rotatable bonds is 4. The summed E-state index contributed by atoms with van der Waals surface area (Å²) in [5.41, 5.74) is 14.5. The fourth-order valence-electron chi connectivity index (χ4n) is 10.7. The van der Waals surface area contributed by atoms with Crippen LogP contribution in [0, 0.1) is 0 Å². The third kappa shape index (κ3) is 5.17. The summed E-state index contributed by atoms with van der Waals surface area (Å²) < 4.78 is 17.7. The Morgan fingerprint density at radius 3 is 1.45 bits per heavy atom. The van der Waals surface area contributed by atoms with Gasteiger partial charge in [-0.3, -0.25) is 0 Å². The lowest BCUT2D eigenvalue weighted by Gasteiger charge is -2.13. The molecule has 0 aliphatic rings. The van der Waals surface area contributed by atoms with E-state index in [1.165, 1.54) is 41.7 Å². The highest BCUT2D eigenvalue weighted by molar-refractivity contribution is 7.26. The van der Waals surface area contributed by atoms with Gasteiger partial charge in [0.1, 0.15) is 22.3 Å². The molecule has 0 amide bonds. The predicted molar refractivity (Wildman–Crippen MR) is 277 cm³/mol. The molecule has 4 nitrogen and oxygen atoms in total. The molecule has 0 unspecified atom stereocenters. The normalized spacial score (nSPS) is 12.2. The van der Waals surface area contributed by atoms with Crippen LogP contribution >= 0.6 is 11.3 Å².